The molecule has 0 saturated heterocycles. The molecule has 0 radical (unpaired) electrons. The number of amides is 1. The van der Waals surface area contributed by atoms with Crippen LogP contribution < -0.4 is 0 Å². The predicted octanol–water partition coefficient (Wildman–Crippen LogP) is 4.53. The first-order valence-electron chi connectivity index (χ1n) is 6.87. The Morgan fingerprint density at radius 1 is 0.875 bits per heavy atom. The third kappa shape index (κ3) is 2.63. The summed E-state index contributed by atoms with van der Waals surface area (Å²) in [6.07, 6.45) is 0. The average Bonchev–Trinajstić information content (AvgIpc) is 2.60. The van der Waals surface area contributed by atoms with Gasteiger partial charge in [-0.3, -0.25) is 4.79 Å². The molecule has 6 nitrogen and oxygen atoms in total. The number of carbonyl (C=O) groups excluding carboxylic acids is 1. The van der Waals surface area contributed by atoms with Gasteiger partial charge in [0.25, 0.3) is 5.91 Å². The van der Waals surface area contributed by atoms with E-state index in [9.17, 15) is 20.1 Å². The fourth-order valence-electron chi connectivity index (χ4n) is 2.25. The van der Waals surface area contributed by atoms with Gasteiger partial charge < -0.3 is 15.3 Å². The first-order valence-corrected chi connectivity index (χ1v) is 7.24. The highest BCUT2D eigenvalue weighted by Gasteiger charge is 2.18. The lowest BCUT2D eigenvalue weighted by Crippen LogP contribution is -1.93. The molecule has 0 bridgehead atoms. The molecular formula is C17H11ClN2O4. The summed E-state index contributed by atoms with van der Waals surface area (Å²) in [4.78, 5) is 12.0. The molecule has 0 aliphatic rings. The molecule has 0 saturated carbocycles. The molecule has 0 aliphatic heterocycles. The van der Waals surface area contributed by atoms with Crippen LogP contribution in [0.5, 0.6) is 17.2 Å². The van der Waals surface area contributed by atoms with Crippen LogP contribution in [0, 0.1) is 0 Å². The normalized spacial score (nSPS) is 11.2. The second-order valence-electron chi connectivity index (χ2n) is 4.93. The van der Waals surface area contributed by atoms with Gasteiger partial charge in [0.05, 0.1) is 5.56 Å². The molecule has 0 atom stereocenters. The molecule has 0 heterocycles. The van der Waals surface area contributed by atoms with E-state index in [4.69, 9.17) is 11.6 Å². The van der Waals surface area contributed by atoms with Gasteiger partial charge >= 0.3 is 0 Å². The van der Waals surface area contributed by atoms with Gasteiger partial charge in [-0.15, -0.1) is 10.2 Å². The molecule has 0 spiro atoms. The summed E-state index contributed by atoms with van der Waals surface area (Å²) in [5.74, 6) is -1.62. The first kappa shape index (κ1) is 15.8. The Bertz CT molecular complexity index is 986. The van der Waals surface area contributed by atoms with Crippen molar-refractivity contribution in [3.63, 3.8) is 0 Å². The van der Waals surface area contributed by atoms with Gasteiger partial charge in [-0.25, -0.2) is 0 Å². The number of hydrogen-bond donors (Lipinski definition) is 3. The number of phenolic OH excluding ortho intramolecular Hbond substituents is 3. The monoisotopic (exact) mass is 342 g/mol. The number of benzene rings is 3. The van der Waals surface area contributed by atoms with E-state index < -0.39 is 5.91 Å². The highest BCUT2D eigenvalue weighted by Crippen LogP contribution is 2.47. The molecule has 3 rings (SSSR count). The minimum Gasteiger partial charge on any atom is -0.507 e. The molecule has 24 heavy (non-hydrogen) atoms. The van der Waals surface area contributed by atoms with Crippen LogP contribution in [0.25, 0.3) is 10.8 Å². The number of fused-ring (bicyclic) bond motifs is 1. The maximum absolute atomic E-state index is 12.0. The van der Waals surface area contributed by atoms with E-state index >= 15 is 0 Å². The topological polar surface area (TPSA) is 102 Å². The summed E-state index contributed by atoms with van der Waals surface area (Å²) < 4.78 is 0. The lowest BCUT2D eigenvalue weighted by molar-refractivity contribution is 0.0992. The Balaban J connectivity index is 2.07. The Labute approximate surface area is 141 Å². The van der Waals surface area contributed by atoms with E-state index in [2.05, 4.69) is 10.2 Å². The Hall–Kier alpha value is -3.12. The van der Waals surface area contributed by atoms with E-state index in [1.807, 2.05) is 0 Å². The molecule has 3 N–H and O–H groups in total. The van der Waals surface area contributed by atoms with Gasteiger partial charge in [0.1, 0.15) is 16.5 Å². The molecule has 0 unspecified atom stereocenters. The van der Waals surface area contributed by atoms with E-state index in [0.717, 1.165) is 0 Å². The highest BCUT2D eigenvalue weighted by atomic mass is 35.5. The smallest absolute Gasteiger partial charge is 0.299 e. The number of phenols is 3. The number of para-hydroxylation sites is 1. The van der Waals surface area contributed by atoms with Crippen LogP contribution in [-0.2, 0) is 0 Å². The number of carbonyl (C=O) groups is 1. The SMILES string of the molecule is O=C(N=Nc1c(Cl)c(O)c2ccccc2c1O)c1ccccc1O. The predicted molar refractivity (Wildman–Crippen MR) is 89.2 cm³/mol. The number of azo groups is 1. The van der Waals surface area contributed by atoms with Gasteiger partial charge in [-0.2, -0.15) is 0 Å². The van der Waals surface area contributed by atoms with Crippen molar-refractivity contribution < 1.29 is 20.1 Å². The Morgan fingerprint density at radius 3 is 2.12 bits per heavy atom. The molecule has 1 amide bonds. The molecule has 7 heteroatoms. The minimum atomic E-state index is -0.809. The maximum Gasteiger partial charge on any atom is 0.299 e. The fraction of sp³-hybridized carbons (Fsp3) is 0. The molecule has 3 aromatic carbocycles. The largest absolute Gasteiger partial charge is 0.507 e. The van der Waals surface area contributed by atoms with Gasteiger partial charge in [0.2, 0.25) is 0 Å². The number of aromatic hydroxyl groups is 3. The molecule has 0 aliphatic carbocycles. The van der Waals surface area contributed by atoms with E-state index in [1.54, 1.807) is 36.4 Å². The minimum absolute atomic E-state index is 0.0399. The van der Waals surface area contributed by atoms with Crippen molar-refractivity contribution in [1.29, 1.82) is 0 Å². The number of nitrogens with zero attached hydrogens (tertiary/aromatic N) is 2. The van der Waals surface area contributed by atoms with Gasteiger partial charge in [-0.1, -0.05) is 48.0 Å². The molecule has 120 valence electrons. The zero-order valence-electron chi connectivity index (χ0n) is 12.1. The zero-order chi connectivity index (χ0) is 17.3. The van der Waals surface area contributed by atoms with Gasteiger partial charge in [0, 0.05) is 10.8 Å². The van der Waals surface area contributed by atoms with E-state index in [-0.39, 0.29) is 33.5 Å². The van der Waals surface area contributed by atoms with Gasteiger partial charge in [0.15, 0.2) is 11.4 Å². The Kier molecular flexibility index (Phi) is 4.05. The second kappa shape index (κ2) is 6.17. The van der Waals surface area contributed by atoms with Gasteiger partial charge in [-0.05, 0) is 12.1 Å². The molecule has 0 aromatic heterocycles. The summed E-state index contributed by atoms with van der Waals surface area (Å²) in [6, 6.07) is 12.4. The standard InChI is InChI=1S/C17H11ClN2O4/c18-13-14(16(23)10-6-2-1-5-9(10)15(13)22)19-20-17(24)11-7-3-4-8-12(11)21/h1-8,21-23H. The quantitative estimate of drug-likeness (QED) is 0.470. The lowest BCUT2D eigenvalue weighted by Gasteiger charge is -2.08. The molecule has 0 fully saturated rings. The van der Waals surface area contributed by atoms with Crippen molar-refractivity contribution in [2.24, 2.45) is 10.2 Å². The van der Waals surface area contributed by atoms with Crippen molar-refractivity contribution in [3.05, 3.63) is 59.1 Å². The fourth-order valence-corrected chi connectivity index (χ4v) is 2.48. The molecule has 3 aromatic rings. The number of hydrogen-bond acceptors (Lipinski definition) is 5. The first-order chi connectivity index (χ1) is 11.5. The third-order valence-corrected chi connectivity index (χ3v) is 3.81. The summed E-state index contributed by atoms with van der Waals surface area (Å²) in [5, 5.41) is 37.6. The zero-order valence-corrected chi connectivity index (χ0v) is 12.9. The Morgan fingerprint density at radius 2 is 1.46 bits per heavy atom. The van der Waals surface area contributed by atoms with Crippen LogP contribution >= 0.6 is 11.6 Å². The van der Waals surface area contributed by atoms with Crippen molar-refractivity contribution in [1.82, 2.24) is 0 Å². The third-order valence-electron chi connectivity index (χ3n) is 3.45. The van der Waals surface area contributed by atoms with Crippen molar-refractivity contribution in [2.45, 2.75) is 0 Å². The van der Waals surface area contributed by atoms with Crippen molar-refractivity contribution in [2.75, 3.05) is 0 Å². The van der Waals surface area contributed by atoms with Crippen LogP contribution in [0.4, 0.5) is 5.69 Å². The van der Waals surface area contributed by atoms with Crippen LogP contribution in [-0.4, -0.2) is 21.2 Å². The van der Waals surface area contributed by atoms with Crippen LogP contribution in [0.3, 0.4) is 0 Å². The number of halogens is 1. The average molecular weight is 343 g/mol. The second-order valence-corrected chi connectivity index (χ2v) is 5.31. The highest BCUT2D eigenvalue weighted by molar-refractivity contribution is 6.36. The van der Waals surface area contributed by atoms with E-state index in [1.165, 1.54) is 12.1 Å². The maximum atomic E-state index is 12.0. The van der Waals surface area contributed by atoms with E-state index in [0.29, 0.717) is 10.8 Å². The number of rotatable bonds is 2. The van der Waals surface area contributed by atoms with Crippen LogP contribution in [0.15, 0.2) is 58.8 Å². The van der Waals surface area contributed by atoms with Crippen LogP contribution in [0.2, 0.25) is 5.02 Å². The lowest BCUT2D eigenvalue weighted by atomic mass is 10.1. The summed E-state index contributed by atoms with van der Waals surface area (Å²) in [6.45, 7) is 0. The summed E-state index contributed by atoms with van der Waals surface area (Å²) in [5.41, 5.74) is -0.265. The van der Waals surface area contributed by atoms with Crippen LogP contribution in [0.1, 0.15) is 10.4 Å². The van der Waals surface area contributed by atoms with Crippen molar-refractivity contribution >= 4 is 34.0 Å². The summed E-state index contributed by atoms with van der Waals surface area (Å²) in [7, 11) is 0. The molecular weight excluding hydrogens is 332 g/mol. The summed E-state index contributed by atoms with van der Waals surface area (Å²) >= 11 is 6.01. The van der Waals surface area contributed by atoms with Crippen molar-refractivity contribution in [3.8, 4) is 17.2 Å².